The van der Waals surface area contributed by atoms with Gasteiger partial charge in [0.05, 0.1) is 6.54 Å². The van der Waals surface area contributed by atoms with Gasteiger partial charge in [-0.25, -0.2) is 4.98 Å². The second-order valence-electron chi connectivity index (χ2n) is 6.40. The normalized spacial score (nSPS) is 15.7. The molecule has 1 aliphatic carbocycles. The summed E-state index contributed by atoms with van der Waals surface area (Å²) >= 11 is 1.61. The maximum Gasteiger partial charge on any atom is 0.245 e. The summed E-state index contributed by atoms with van der Waals surface area (Å²) in [5.41, 5.74) is 2.26. The van der Waals surface area contributed by atoms with Crippen LogP contribution in [0.15, 0.2) is 35.8 Å². The quantitative estimate of drug-likeness (QED) is 0.816. The summed E-state index contributed by atoms with van der Waals surface area (Å²) in [6.07, 6.45) is 4.01. The van der Waals surface area contributed by atoms with Crippen molar-refractivity contribution < 1.29 is 4.79 Å². The van der Waals surface area contributed by atoms with Gasteiger partial charge >= 0.3 is 0 Å². The number of hydrogen-bond acceptors (Lipinski definition) is 4. The Labute approximate surface area is 141 Å². The van der Waals surface area contributed by atoms with Gasteiger partial charge in [0, 0.05) is 17.6 Å². The fourth-order valence-electron chi connectivity index (χ4n) is 2.82. The first-order valence-corrected chi connectivity index (χ1v) is 8.86. The number of amides is 1. The Morgan fingerprint density at radius 1 is 1.30 bits per heavy atom. The predicted molar refractivity (Wildman–Crippen MR) is 93.3 cm³/mol. The van der Waals surface area contributed by atoms with E-state index in [1.54, 1.807) is 17.5 Å². The molecule has 1 fully saturated rings. The van der Waals surface area contributed by atoms with Crippen LogP contribution in [0.2, 0.25) is 0 Å². The lowest BCUT2D eigenvalue weighted by molar-refractivity contribution is -0.137. The fraction of sp³-hybridized carbons (Fsp3) is 0.444. The van der Waals surface area contributed by atoms with Gasteiger partial charge in [-0.15, -0.1) is 11.3 Å². The summed E-state index contributed by atoms with van der Waals surface area (Å²) in [5, 5.41) is 2.97. The number of aromatic nitrogens is 1. The number of likely N-dealkylation sites (N-methyl/N-ethyl adjacent to an activating group) is 1. The molecule has 2 aromatic rings. The Bertz CT molecular complexity index is 647. The number of rotatable bonds is 6. The van der Waals surface area contributed by atoms with Crippen molar-refractivity contribution in [3.63, 3.8) is 0 Å². The van der Waals surface area contributed by atoms with Gasteiger partial charge in [-0.2, -0.15) is 0 Å². The zero-order valence-electron chi connectivity index (χ0n) is 13.9. The van der Waals surface area contributed by atoms with Gasteiger partial charge in [0.1, 0.15) is 11.0 Å². The van der Waals surface area contributed by atoms with Crippen molar-refractivity contribution in [1.29, 1.82) is 0 Å². The monoisotopic (exact) mass is 329 g/mol. The summed E-state index contributed by atoms with van der Waals surface area (Å²) < 4.78 is 0. The van der Waals surface area contributed by atoms with Crippen LogP contribution in [0.3, 0.4) is 0 Å². The van der Waals surface area contributed by atoms with Gasteiger partial charge in [-0.3, -0.25) is 9.69 Å². The summed E-state index contributed by atoms with van der Waals surface area (Å²) in [6.45, 7) is 2.69. The summed E-state index contributed by atoms with van der Waals surface area (Å²) in [5.74, 6) is 0.177. The van der Waals surface area contributed by atoms with Gasteiger partial charge < -0.3 is 4.90 Å². The molecule has 1 unspecified atom stereocenters. The number of hydrogen-bond donors (Lipinski definition) is 0. The fourth-order valence-corrected chi connectivity index (χ4v) is 3.43. The smallest absolute Gasteiger partial charge is 0.245 e. The van der Waals surface area contributed by atoms with Crippen LogP contribution in [0.1, 0.15) is 35.0 Å². The molecule has 0 spiro atoms. The average Bonchev–Trinajstić information content (AvgIpc) is 3.23. The minimum Gasteiger partial charge on any atom is -0.331 e. The third-order valence-electron chi connectivity index (χ3n) is 4.20. The molecular weight excluding hydrogens is 306 g/mol. The zero-order valence-corrected chi connectivity index (χ0v) is 14.7. The molecule has 0 bridgehead atoms. The lowest BCUT2D eigenvalue weighted by Crippen LogP contribution is -2.41. The number of nitrogens with zero attached hydrogens (tertiary/aromatic N) is 3. The van der Waals surface area contributed by atoms with E-state index in [1.807, 2.05) is 29.3 Å². The van der Waals surface area contributed by atoms with E-state index in [2.05, 4.69) is 36.2 Å². The van der Waals surface area contributed by atoms with Crippen LogP contribution >= 0.6 is 11.3 Å². The molecule has 1 atom stereocenters. The lowest BCUT2D eigenvalue weighted by Gasteiger charge is -2.30. The van der Waals surface area contributed by atoms with E-state index in [0.29, 0.717) is 12.6 Å². The summed E-state index contributed by atoms with van der Waals surface area (Å²) in [4.78, 5) is 21.6. The molecule has 1 aromatic heterocycles. The second kappa shape index (κ2) is 6.81. The van der Waals surface area contributed by atoms with Crippen LogP contribution in [0, 0.1) is 6.92 Å². The minimum absolute atomic E-state index is 0.177. The third-order valence-corrected chi connectivity index (χ3v) is 4.97. The molecule has 0 N–H and O–H groups in total. The van der Waals surface area contributed by atoms with Crippen molar-refractivity contribution in [1.82, 2.24) is 14.8 Å². The highest BCUT2D eigenvalue weighted by Crippen LogP contribution is 2.32. The van der Waals surface area contributed by atoms with Crippen molar-refractivity contribution in [2.24, 2.45) is 0 Å². The highest BCUT2D eigenvalue weighted by Gasteiger charge is 2.37. The summed E-state index contributed by atoms with van der Waals surface area (Å²) in [6, 6.07) is 8.40. The second-order valence-corrected chi connectivity index (χ2v) is 7.38. The molecule has 1 aliphatic rings. The van der Waals surface area contributed by atoms with Crippen molar-refractivity contribution in [2.45, 2.75) is 38.4 Å². The highest BCUT2D eigenvalue weighted by molar-refractivity contribution is 7.09. The molecule has 4 nitrogen and oxygen atoms in total. The van der Waals surface area contributed by atoms with E-state index >= 15 is 0 Å². The van der Waals surface area contributed by atoms with E-state index in [0.717, 1.165) is 23.4 Å². The first kappa shape index (κ1) is 16.1. The van der Waals surface area contributed by atoms with Crippen LogP contribution in [0.4, 0.5) is 0 Å². The molecule has 3 rings (SSSR count). The average molecular weight is 329 g/mol. The van der Waals surface area contributed by atoms with Crippen LogP contribution < -0.4 is 0 Å². The Morgan fingerprint density at radius 3 is 2.52 bits per heavy atom. The van der Waals surface area contributed by atoms with Gasteiger partial charge in [-0.05, 0) is 39.4 Å². The van der Waals surface area contributed by atoms with Crippen LogP contribution in [-0.2, 0) is 11.3 Å². The van der Waals surface area contributed by atoms with Gasteiger partial charge in [0.15, 0.2) is 0 Å². The van der Waals surface area contributed by atoms with E-state index in [4.69, 9.17) is 0 Å². The Morgan fingerprint density at radius 2 is 2.00 bits per heavy atom. The predicted octanol–water partition coefficient (Wildman–Crippen LogP) is 3.25. The van der Waals surface area contributed by atoms with Gasteiger partial charge in [0.2, 0.25) is 5.91 Å². The van der Waals surface area contributed by atoms with Crippen LogP contribution in [-0.4, -0.2) is 40.8 Å². The van der Waals surface area contributed by atoms with E-state index in [-0.39, 0.29) is 11.9 Å². The number of aryl methyl sites for hydroxylation is 1. The third kappa shape index (κ3) is 3.79. The number of thiazole rings is 1. The lowest BCUT2D eigenvalue weighted by atomic mass is 10.0. The maximum absolute atomic E-state index is 13.2. The first-order valence-electron chi connectivity index (χ1n) is 7.98. The maximum atomic E-state index is 13.2. The van der Waals surface area contributed by atoms with Gasteiger partial charge in [-0.1, -0.05) is 29.8 Å². The molecule has 5 heteroatoms. The number of carbonyl (C=O) groups is 1. The standard InChI is InChI=1S/C18H23N3OS/c1-13-4-6-14(7-5-13)17(20(2)3)18(22)21(15-8-9-15)12-16-19-10-11-23-16/h4-7,10-11,15,17H,8-9,12H2,1-3H3. The van der Waals surface area contributed by atoms with E-state index < -0.39 is 0 Å². The Kier molecular flexibility index (Phi) is 4.78. The molecule has 0 radical (unpaired) electrons. The van der Waals surface area contributed by atoms with Crippen LogP contribution in [0.5, 0.6) is 0 Å². The molecular formula is C18H23N3OS. The molecule has 122 valence electrons. The largest absolute Gasteiger partial charge is 0.331 e. The van der Waals surface area contributed by atoms with Crippen LogP contribution in [0.25, 0.3) is 0 Å². The van der Waals surface area contributed by atoms with Gasteiger partial charge in [0.25, 0.3) is 0 Å². The molecule has 1 saturated carbocycles. The minimum atomic E-state index is -0.240. The topological polar surface area (TPSA) is 36.4 Å². The molecule has 1 aromatic carbocycles. The molecule has 23 heavy (non-hydrogen) atoms. The SMILES string of the molecule is Cc1ccc(C(C(=O)N(Cc2nccs2)C2CC2)N(C)C)cc1. The first-order chi connectivity index (χ1) is 11.1. The molecule has 0 aliphatic heterocycles. The van der Waals surface area contributed by atoms with Crippen molar-refractivity contribution >= 4 is 17.2 Å². The van der Waals surface area contributed by atoms with E-state index in [9.17, 15) is 4.79 Å². The van der Waals surface area contributed by atoms with Crippen molar-refractivity contribution in [2.75, 3.05) is 14.1 Å². The number of benzene rings is 1. The van der Waals surface area contributed by atoms with Crippen molar-refractivity contribution in [3.8, 4) is 0 Å². The molecule has 1 amide bonds. The van der Waals surface area contributed by atoms with Crippen molar-refractivity contribution in [3.05, 3.63) is 52.0 Å². The number of carbonyl (C=O) groups excluding carboxylic acids is 1. The zero-order chi connectivity index (χ0) is 16.4. The Hall–Kier alpha value is -1.72. The highest BCUT2D eigenvalue weighted by atomic mass is 32.1. The van der Waals surface area contributed by atoms with E-state index in [1.165, 1.54) is 5.56 Å². The summed E-state index contributed by atoms with van der Waals surface area (Å²) in [7, 11) is 3.94. The molecule has 1 heterocycles. The molecule has 0 saturated heterocycles. The Balaban J connectivity index is 1.84.